The van der Waals surface area contributed by atoms with Gasteiger partial charge >= 0.3 is 0 Å². The fraction of sp³-hybridized carbons (Fsp3) is 0.300. The predicted octanol–water partition coefficient (Wildman–Crippen LogP) is 2.92. The number of methoxy groups -OCH3 is 1. The van der Waals surface area contributed by atoms with E-state index in [1.54, 1.807) is 19.1 Å². The number of ether oxygens (including phenoxy) is 1. The molecule has 0 heterocycles. The number of carbonyl (C=O) groups excluding carboxylic acids is 2. The van der Waals surface area contributed by atoms with Gasteiger partial charge in [-0.1, -0.05) is 42.5 Å². The highest BCUT2D eigenvalue weighted by Gasteiger charge is 2.19. The average molecular weight is 340 g/mol. The molecule has 2 amide bonds. The van der Waals surface area contributed by atoms with Crippen LogP contribution in [0.4, 0.5) is 0 Å². The molecule has 0 saturated heterocycles. The number of nitrogens with one attached hydrogen (secondary N) is 1. The topological polar surface area (TPSA) is 58.6 Å². The summed E-state index contributed by atoms with van der Waals surface area (Å²) >= 11 is 0. The number of amides is 2. The standard InChI is InChI=1S/C20H24N2O3/c1-15(23)21-19(17-9-5-4-6-10-17)13-20(24)22(2)14-16-8-7-11-18(12-16)25-3/h4-12,19H,13-14H2,1-3H3,(H,21,23)/t19-/m0/s1. The molecule has 0 aliphatic heterocycles. The molecule has 0 aliphatic carbocycles. The molecule has 0 saturated carbocycles. The van der Waals surface area contributed by atoms with Crippen LogP contribution in [0.25, 0.3) is 0 Å². The van der Waals surface area contributed by atoms with Crippen molar-refractivity contribution in [1.29, 1.82) is 0 Å². The Hall–Kier alpha value is -2.82. The number of benzene rings is 2. The van der Waals surface area contributed by atoms with Crippen molar-refractivity contribution in [3.05, 3.63) is 65.7 Å². The zero-order valence-corrected chi connectivity index (χ0v) is 14.9. The van der Waals surface area contributed by atoms with E-state index in [4.69, 9.17) is 4.74 Å². The van der Waals surface area contributed by atoms with Gasteiger partial charge in [-0.15, -0.1) is 0 Å². The molecule has 5 heteroatoms. The van der Waals surface area contributed by atoms with Gasteiger partial charge in [-0.2, -0.15) is 0 Å². The first kappa shape index (κ1) is 18.5. The van der Waals surface area contributed by atoms with E-state index < -0.39 is 0 Å². The average Bonchev–Trinajstić information content (AvgIpc) is 2.61. The molecular weight excluding hydrogens is 316 g/mol. The molecule has 0 unspecified atom stereocenters. The number of hydrogen-bond donors (Lipinski definition) is 1. The van der Waals surface area contributed by atoms with Crippen molar-refractivity contribution < 1.29 is 14.3 Å². The van der Waals surface area contributed by atoms with E-state index in [-0.39, 0.29) is 24.3 Å². The van der Waals surface area contributed by atoms with Crippen LogP contribution in [-0.4, -0.2) is 30.9 Å². The summed E-state index contributed by atoms with van der Waals surface area (Å²) in [6.45, 7) is 1.94. The van der Waals surface area contributed by atoms with Crippen LogP contribution in [-0.2, 0) is 16.1 Å². The Morgan fingerprint density at radius 1 is 1.12 bits per heavy atom. The lowest BCUT2D eigenvalue weighted by Crippen LogP contribution is -2.33. The van der Waals surface area contributed by atoms with Crippen molar-refractivity contribution in [3.8, 4) is 5.75 Å². The highest BCUT2D eigenvalue weighted by Crippen LogP contribution is 2.19. The van der Waals surface area contributed by atoms with Crippen LogP contribution in [0.15, 0.2) is 54.6 Å². The van der Waals surface area contributed by atoms with Crippen molar-refractivity contribution in [2.24, 2.45) is 0 Å². The first-order valence-corrected chi connectivity index (χ1v) is 8.18. The second-order valence-electron chi connectivity index (χ2n) is 5.97. The van der Waals surface area contributed by atoms with Gasteiger partial charge in [0.2, 0.25) is 11.8 Å². The Bertz CT molecular complexity index is 716. The third-order valence-electron chi connectivity index (χ3n) is 3.94. The minimum Gasteiger partial charge on any atom is -0.497 e. The van der Waals surface area contributed by atoms with E-state index >= 15 is 0 Å². The third-order valence-corrected chi connectivity index (χ3v) is 3.94. The van der Waals surface area contributed by atoms with Gasteiger partial charge in [0, 0.05) is 20.5 Å². The molecule has 0 fully saturated rings. The normalized spacial score (nSPS) is 11.5. The summed E-state index contributed by atoms with van der Waals surface area (Å²) in [4.78, 5) is 25.8. The smallest absolute Gasteiger partial charge is 0.225 e. The number of hydrogen-bond acceptors (Lipinski definition) is 3. The summed E-state index contributed by atoms with van der Waals surface area (Å²) in [5.74, 6) is 0.571. The molecule has 0 radical (unpaired) electrons. The van der Waals surface area contributed by atoms with E-state index in [2.05, 4.69) is 5.32 Å². The van der Waals surface area contributed by atoms with E-state index in [9.17, 15) is 9.59 Å². The summed E-state index contributed by atoms with van der Waals surface area (Å²) in [6.07, 6.45) is 0.212. The van der Waals surface area contributed by atoms with Crippen LogP contribution < -0.4 is 10.1 Å². The summed E-state index contributed by atoms with van der Waals surface area (Å²) < 4.78 is 5.21. The first-order valence-electron chi connectivity index (χ1n) is 8.18. The zero-order chi connectivity index (χ0) is 18.2. The van der Waals surface area contributed by atoms with Gasteiger partial charge in [0.05, 0.1) is 19.6 Å². The third kappa shape index (κ3) is 5.64. The lowest BCUT2D eigenvalue weighted by atomic mass is 10.0. The highest BCUT2D eigenvalue weighted by molar-refractivity contribution is 5.79. The maximum atomic E-state index is 12.6. The van der Waals surface area contributed by atoms with E-state index in [0.717, 1.165) is 16.9 Å². The van der Waals surface area contributed by atoms with Crippen LogP contribution in [0.3, 0.4) is 0 Å². The minimum absolute atomic E-state index is 0.0366. The summed E-state index contributed by atoms with van der Waals surface area (Å²) in [5, 5.41) is 2.86. The van der Waals surface area contributed by atoms with Crippen molar-refractivity contribution in [3.63, 3.8) is 0 Å². The van der Waals surface area contributed by atoms with Crippen molar-refractivity contribution >= 4 is 11.8 Å². The monoisotopic (exact) mass is 340 g/mol. The second kappa shape index (κ2) is 8.87. The van der Waals surface area contributed by atoms with E-state index in [1.165, 1.54) is 6.92 Å². The van der Waals surface area contributed by atoms with Gasteiger partial charge in [0.1, 0.15) is 5.75 Å². The van der Waals surface area contributed by atoms with E-state index in [0.29, 0.717) is 6.54 Å². The number of nitrogens with zero attached hydrogens (tertiary/aromatic N) is 1. The zero-order valence-electron chi connectivity index (χ0n) is 14.9. The molecule has 0 spiro atoms. The molecule has 0 aromatic heterocycles. The van der Waals surface area contributed by atoms with Crippen molar-refractivity contribution in [1.82, 2.24) is 10.2 Å². The minimum atomic E-state index is -0.334. The van der Waals surface area contributed by atoms with Crippen molar-refractivity contribution in [2.45, 2.75) is 25.9 Å². The molecule has 0 aliphatic rings. The molecule has 2 rings (SSSR count). The first-order chi connectivity index (χ1) is 12.0. The molecule has 2 aromatic rings. The lowest BCUT2D eigenvalue weighted by Gasteiger charge is -2.23. The molecule has 25 heavy (non-hydrogen) atoms. The molecule has 132 valence electrons. The highest BCUT2D eigenvalue weighted by atomic mass is 16.5. The van der Waals surface area contributed by atoms with Gasteiger partial charge in [-0.05, 0) is 23.3 Å². The van der Waals surface area contributed by atoms with Crippen LogP contribution >= 0.6 is 0 Å². The van der Waals surface area contributed by atoms with Gasteiger partial charge in [-0.3, -0.25) is 9.59 Å². The molecule has 5 nitrogen and oxygen atoms in total. The largest absolute Gasteiger partial charge is 0.497 e. The molecule has 1 N–H and O–H groups in total. The summed E-state index contributed by atoms with van der Waals surface area (Å²) in [5.41, 5.74) is 1.91. The Morgan fingerprint density at radius 2 is 1.84 bits per heavy atom. The van der Waals surface area contributed by atoms with Gasteiger partial charge in [-0.25, -0.2) is 0 Å². The summed E-state index contributed by atoms with van der Waals surface area (Å²) in [6, 6.07) is 16.8. The fourth-order valence-electron chi connectivity index (χ4n) is 2.65. The number of carbonyl (C=O) groups is 2. The maximum absolute atomic E-state index is 12.6. The lowest BCUT2D eigenvalue weighted by molar-refractivity contribution is -0.131. The van der Waals surface area contributed by atoms with Crippen LogP contribution in [0.2, 0.25) is 0 Å². The number of rotatable bonds is 7. The predicted molar refractivity (Wildman–Crippen MR) is 97.1 cm³/mol. The molecule has 0 bridgehead atoms. The fourth-order valence-corrected chi connectivity index (χ4v) is 2.65. The van der Waals surface area contributed by atoms with Crippen molar-refractivity contribution in [2.75, 3.05) is 14.2 Å². The maximum Gasteiger partial charge on any atom is 0.225 e. The Morgan fingerprint density at radius 3 is 2.48 bits per heavy atom. The van der Waals surface area contributed by atoms with Crippen LogP contribution in [0, 0.1) is 0 Å². The quantitative estimate of drug-likeness (QED) is 0.843. The Labute approximate surface area is 148 Å². The molecular formula is C20H24N2O3. The SMILES string of the molecule is COc1cccc(CN(C)C(=O)C[C@H](NC(C)=O)c2ccccc2)c1. The van der Waals surface area contributed by atoms with Crippen LogP contribution in [0.5, 0.6) is 5.75 Å². The van der Waals surface area contributed by atoms with Gasteiger partial charge in [0.25, 0.3) is 0 Å². The van der Waals surface area contributed by atoms with Gasteiger partial charge < -0.3 is 15.0 Å². The molecule has 2 aromatic carbocycles. The summed E-state index contributed by atoms with van der Waals surface area (Å²) in [7, 11) is 3.38. The van der Waals surface area contributed by atoms with Gasteiger partial charge in [0.15, 0.2) is 0 Å². The molecule has 1 atom stereocenters. The Kier molecular flexibility index (Phi) is 6.57. The second-order valence-corrected chi connectivity index (χ2v) is 5.97. The van der Waals surface area contributed by atoms with E-state index in [1.807, 2.05) is 54.6 Å². The van der Waals surface area contributed by atoms with Crippen LogP contribution in [0.1, 0.15) is 30.5 Å². The Balaban J connectivity index is 2.05.